The topological polar surface area (TPSA) is 132 Å². The minimum Gasteiger partial charge on any atom is -0.342 e. The van der Waals surface area contributed by atoms with Crippen LogP contribution in [0.3, 0.4) is 0 Å². The molecule has 0 aliphatic carbocycles. The molecule has 0 aromatic carbocycles. The Morgan fingerprint density at radius 3 is 2.53 bits per heavy atom. The molecule has 0 N–H and O–H groups in total. The lowest BCUT2D eigenvalue weighted by Gasteiger charge is -2.00. The first kappa shape index (κ1) is 15.4. The molecule has 0 unspecified atom stereocenters. The molecule has 9 nitrogen and oxygen atoms in total. The zero-order chi connectivity index (χ0) is 14.7. The third-order valence-corrected chi connectivity index (χ3v) is 4.10. The van der Waals surface area contributed by atoms with Gasteiger partial charge in [-0.05, 0) is 6.42 Å². The van der Waals surface area contributed by atoms with Gasteiger partial charge < -0.3 is 4.18 Å². The van der Waals surface area contributed by atoms with E-state index in [0.29, 0.717) is 0 Å². The van der Waals surface area contributed by atoms with Crippen LogP contribution in [0.5, 0.6) is 6.01 Å². The smallest absolute Gasteiger partial charge is 0.342 e. The molecule has 0 atom stereocenters. The van der Waals surface area contributed by atoms with Gasteiger partial charge in [-0.15, -0.1) is 5.10 Å². The third-order valence-electron chi connectivity index (χ3n) is 1.91. The Bertz CT molecular complexity index is 698. The summed E-state index contributed by atoms with van der Waals surface area (Å²) in [4.78, 5) is 3.53. The number of nitrogens with zero attached hydrogens (tertiary/aromatic N) is 4. The maximum absolute atomic E-state index is 11.9. The first-order chi connectivity index (χ1) is 8.65. The minimum atomic E-state index is -3.82. The van der Waals surface area contributed by atoms with E-state index in [1.165, 1.54) is 7.05 Å². The van der Waals surface area contributed by atoms with Crippen molar-refractivity contribution in [1.82, 2.24) is 14.8 Å². The van der Waals surface area contributed by atoms with Gasteiger partial charge in [0.05, 0.1) is 18.1 Å². The van der Waals surface area contributed by atoms with Gasteiger partial charge in [0.25, 0.3) is 0 Å². The van der Waals surface area contributed by atoms with Gasteiger partial charge in [-0.2, -0.15) is 18.7 Å². The van der Waals surface area contributed by atoms with Crippen LogP contribution < -0.4 is 4.18 Å². The van der Waals surface area contributed by atoms with Crippen molar-refractivity contribution in [2.45, 2.75) is 18.0 Å². The van der Waals surface area contributed by atoms with Gasteiger partial charge in [0.15, 0.2) is 0 Å². The van der Waals surface area contributed by atoms with Crippen LogP contribution in [0, 0.1) is 11.3 Å². The van der Waals surface area contributed by atoms with E-state index in [1.54, 1.807) is 0 Å². The van der Waals surface area contributed by atoms with E-state index in [4.69, 9.17) is 5.26 Å². The molecular weight excluding hydrogens is 296 g/mol. The van der Waals surface area contributed by atoms with E-state index in [-0.39, 0.29) is 18.6 Å². The second kappa shape index (κ2) is 5.54. The van der Waals surface area contributed by atoms with Crippen LogP contribution in [0.2, 0.25) is 0 Å². The summed E-state index contributed by atoms with van der Waals surface area (Å²) < 4.78 is 50.8. The largest absolute Gasteiger partial charge is 0.352 e. The molecule has 0 amide bonds. The number of unbranched alkanes of at least 4 members (excludes halogenated alkanes) is 1. The molecule has 0 fully saturated rings. The Kier molecular flexibility index (Phi) is 4.48. The van der Waals surface area contributed by atoms with E-state index in [1.807, 2.05) is 6.07 Å². The lowest BCUT2D eigenvalue weighted by Crippen LogP contribution is -2.13. The van der Waals surface area contributed by atoms with Gasteiger partial charge in [-0.1, -0.05) is 0 Å². The Morgan fingerprint density at radius 1 is 1.37 bits per heavy atom. The van der Waals surface area contributed by atoms with E-state index < -0.39 is 31.1 Å². The quantitative estimate of drug-likeness (QED) is 0.494. The summed E-state index contributed by atoms with van der Waals surface area (Å²) in [7, 11) is -6.25. The SMILES string of the molecule is Cn1nc(OS(C)(=O)=O)nc1S(=O)(=O)CCCC#N. The van der Waals surface area contributed by atoms with Crippen LogP contribution in [0.25, 0.3) is 0 Å². The van der Waals surface area contributed by atoms with Crippen molar-refractivity contribution in [3.8, 4) is 12.1 Å². The number of rotatable bonds is 6. The first-order valence-corrected chi connectivity index (χ1v) is 8.53. The lowest BCUT2D eigenvalue weighted by atomic mass is 10.4. The monoisotopic (exact) mass is 308 g/mol. The number of sulfone groups is 1. The highest BCUT2D eigenvalue weighted by molar-refractivity contribution is 7.91. The molecule has 11 heteroatoms. The highest BCUT2D eigenvalue weighted by Gasteiger charge is 2.23. The van der Waals surface area contributed by atoms with Gasteiger partial charge in [0.2, 0.25) is 15.0 Å². The number of hydrogen-bond acceptors (Lipinski definition) is 8. The number of aryl methyl sites for hydroxylation is 1. The molecule has 1 aromatic rings. The number of hydrogen-bond donors (Lipinski definition) is 0. The molecular formula is C8H12N4O5S2. The summed E-state index contributed by atoms with van der Waals surface area (Å²) in [5, 5.41) is 11.5. The van der Waals surface area contributed by atoms with Crippen molar-refractivity contribution in [3.63, 3.8) is 0 Å². The van der Waals surface area contributed by atoms with Gasteiger partial charge in [-0.3, -0.25) is 0 Å². The fourth-order valence-electron chi connectivity index (χ4n) is 1.22. The molecule has 1 heterocycles. The van der Waals surface area contributed by atoms with Gasteiger partial charge in [-0.25, -0.2) is 13.1 Å². The average Bonchev–Trinajstić information content (AvgIpc) is 2.57. The predicted molar refractivity (Wildman–Crippen MR) is 63.4 cm³/mol. The van der Waals surface area contributed by atoms with Crippen molar-refractivity contribution < 1.29 is 21.0 Å². The molecule has 0 radical (unpaired) electrons. The Balaban J connectivity index is 2.99. The summed E-state index contributed by atoms with van der Waals surface area (Å²) in [5.41, 5.74) is 0. The third kappa shape index (κ3) is 4.49. The van der Waals surface area contributed by atoms with Crippen LogP contribution in [0.15, 0.2) is 5.16 Å². The Labute approximate surface area is 110 Å². The zero-order valence-electron chi connectivity index (χ0n) is 10.3. The molecule has 1 rings (SSSR count). The molecule has 0 spiro atoms. The second-order valence-electron chi connectivity index (χ2n) is 3.67. The molecule has 0 saturated carbocycles. The molecule has 0 aliphatic rings. The lowest BCUT2D eigenvalue weighted by molar-refractivity contribution is 0.468. The maximum atomic E-state index is 11.9. The summed E-state index contributed by atoms with van der Waals surface area (Å²) in [6.07, 6.45) is 1.06. The highest BCUT2D eigenvalue weighted by atomic mass is 32.2. The van der Waals surface area contributed by atoms with Crippen molar-refractivity contribution in [3.05, 3.63) is 0 Å². The summed E-state index contributed by atoms with van der Waals surface area (Å²) in [6.45, 7) is 0. The van der Waals surface area contributed by atoms with Gasteiger partial charge in [0, 0.05) is 13.5 Å². The van der Waals surface area contributed by atoms with Crippen molar-refractivity contribution in [1.29, 1.82) is 5.26 Å². The van der Waals surface area contributed by atoms with Crippen molar-refractivity contribution in [2.75, 3.05) is 12.0 Å². The second-order valence-corrected chi connectivity index (χ2v) is 7.25. The van der Waals surface area contributed by atoms with Crippen LogP contribution in [0.4, 0.5) is 0 Å². The predicted octanol–water partition coefficient (Wildman–Crippen LogP) is -0.769. The fraction of sp³-hybridized carbons (Fsp3) is 0.625. The van der Waals surface area contributed by atoms with E-state index >= 15 is 0 Å². The molecule has 1 aromatic heterocycles. The number of nitriles is 1. The maximum Gasteiger partial charge on any atom is 0.352 e. The standard InChI is InChI=1S/C8H12N4O5S2/c1-12-8(19(15,16)6-4-3-5-9)10-7(11-12)17-18(2,13)14/h3-4,6H2,1-2H3. The molecule has 0 bridgehead atoms. The van der Waals surface area contributed by atoms with E-state index in [9.17, 15) is 16.8 Å². The van der Waals surface area contributed by atoms with E-state index in [2.05, 4.69) is 14.3 Å². The Hall–Kier alpha value is -1.67. The molecule has 19 heavy (non-hydrogen) atoms. The average molecular weight is 308 g/mol. The highest BCUT2D eigenvalue weighted by Crippen LogP contribution is 2.14. The number of aromatic nitrogens is 3. The van der Waals surface area contributed by atoms with Crippen molar-refractivity contribution >= 4 is 20.0 Å². The van der Waals surface area contributed by atoms with Gasteiger partial charge in [0.1, 0.15) is 0 Å². The normalized spacial score (nSPS) is 12.1. The van der Waals surface area contributed by atoms with Gasteiger partial charge >= 0.3 is 16.1 Å². The minimum absolute atomic E-state index is 0.101. The first-order valence-electron chi connectivity index (χ1n) is 5.06. The zero-order valence-corrected chi connectivity index (χ0v) is 11.9. The molecule has 0 saturated heterocycles. The summed E-state index contributed by atoms with van der Waals surface area (Å²) in [5.74, 6) is -0.272. The van der Waals surface area contributed by atoms with Crippen LogP contribution >= 0.6 is 0 Å². The summed E-state index contributed by atoms with van der Waals surface area (Å²) in [6, 6.07) is 1.28. The molecule has 0 aliphatic heterocycles. The van der Waals surface area contributed by atoms with Crippen molar-refractivity contribution in [2.24, 2.45) is 7.05 Å². The van der Waals surface area contributed by atoms with Crippen LogP contribution in [-0.4, -0.2) is 43.6 Å². The van der Waals surface area contributed by atoms with Crippen LogP contribution in [0.1, 0.15) is 12.8 Å². The van der Waals surface area contributed by atoms with E-state index in [0.717, 1.165) is 10.9 Å². The Morgan fingerprint density at radius 2 is 2.00 bits per heavy atom. The molecule has 106 valence electrons. The van der Waals surface area contributed by atoms with Crippen LogP contribution in [-0.2, 0) is 27.0 Å². The fourth-order valence-corrected chi connectivity index (χ4v) is 2.93. The summed E-state index contributed by atoms with van der Waals surface area (Å²) >= 11 is 0.